The number of carbonyl (C=O) groups excluding carboxylic acids is 1. The smallest absolute Gasteiger partial charge is 0.240 e. The zero-order chi connectivity index (χ0) is 22.6. The number of benzene rings is 2. The van der Waals surface area contributed by atoms with Crippen LogP contribution in [0.3, 0.4) is 0 Å². The second kappa shape index (κ2) is 9.28. The van der Waals surface area contributed by atoms with E-state index < -0.39 is 10.0 Å². The van der Waals surface area contributed by atoms with Gasteiger partial charge < -0.3 is 14.8 Å². The molecule has 2 N–H and O–H groups in total. The summed E-state index contributed by atoms with van der Waals surface area (Å²) in [5.74, 6) is 1.23. The van der Waals surface area contributed by atoms with E-state index in [1.165, 1.54) is 0 Å². The zero-order valence-electron chi connectivity index (χ0n) is 18.4. The number of nitrogens with one attached hydrogen (secondary N) is 2. The monoisotopic (exact) mass is 446 g/mol. The second-order valence-electron chi connectivity index (χ2n) is 8.41. The van der Waals surface area contributed by atoms with Crippen LogP contribution in [-0.4, -0.2) is 40.6 Å². The third kappa shape index (κ3) is 5.77. The standard InChI is InChI=1S/C23H30N2O5S/c1-16-5-7-19(13-17(16)2)31(27,28)25-10-9-22(26)24-15-23(3,4)18-6-8-20-21(14-18)30-12-11-29-20/h5-8,13-14,25H,9-12,15H2,1-4H3,(H,24,26). The Kier molecular flexibility index (Phi) is 6.91. The van der Waals surface area contributed by atoms with Gasteiger partial charge in [0.2, 0.25) is 15.9 Å². The topological polar surface area (TPSA) is 93.7 Å². The molecule has 0 saturated carbocycles. The summed E-state index contributed by atoms with van der Waals surface area (Å²) in [6.45, 7) is 9.36. The third-order valence-corrected chi connectivity index (χ3v) is 6.94. The summed E-state index contributed by atoms with van der Waals surface area (Å²) >= 11 is 0. The highest BCUT2D eigenvalue weighted by atomic mass is 32.2. The summed E-state index contributed by atoms with van der Waals surface area (Å²) in [7, 11) is -3.65. The molecule has 1 amide bonds. The first-order valence-electron chi connectivity index (χ1n) is 10.3. The predicted molar refractivity (Wildman–Crippen MR) is 119 cm³/mol. The van der Waals surface area contributed by atoms with Gasteiger partial charge in [-0.3, -0.25) is 4.79 Å². The van der Waals surface area contributed by atoms with Crippen molar-refractivity contribution >= 4 is 15.9 Å². The number of aryl methyl sites for hydroxylation is 2. The van der Waals surface area contributed by atoms with Crippen LogP contribution in [-0.2, 0) is 20.2 Å². The second-order valence-corrected chi connectivity index (χ2v) is 10.2. The highest BCUT2D eigenvalue weighted by Crippen LogP contribution is 2.34. The minimum atomic E-state index is -3.65. The van der Waals surface area contributed by atoms with Gasteiger partial charge in [-0.1, -0.05) is 26.0 Å². The Balaban J connectivity index is 1.51. The van der Waals surface area contributed by atoms with E-state index in [0.717, 1.165) is 22.4 Å². The lowest BCUT2D eigenvalue weighted by atomic mass is 9.84. The van der Waals surface area contributed by atoms with E-state index in [-0.39, 0.29) is 29.2 Å². The van der Waals surface area contributed by atoms with E-state index in [1.54, 1.807) is 18.2 Å². The molecule has 1 aliphatic heterocycles. The fourth-order valence-corrected chi connectivity index (χ4v) is 4.35. The quantitative estimate of drug-likeness (QED) is 0.650. The van der Waals surface area contributed by atoms with Crippen molar-refractivity contribution in [2.24, 2.45) is 0 Å². The normalized spacial score (nSPS) is 13.7. The van der Waals surface area contributed by atoms with E-state index in [2.05, 4.69) is 10.0 Å². The molecular formula is C23H30N2O5S. The fraction of sp³-hybridized carbons (Fsp3) is 0.435. The van der Waals surface area contributed by atoms with Crippen LogP contribution in [0, 0.1) is 13.8 Å². The van der Waals surface area contributed by atoms with Crippen LogP contribution in [0.2, 0.25) is 0 Å². The van der Waals surface area contributed by atoms with Gasteiger partial charge in [-0.25, -0.2) is 13.1 Å². The molecular weight excluding hydrogens is 416 g/mol. The lowest BCUT2D eigenvalue weighted by Gasteiger charge is -2.28. The molecule has 2 aromatic carbocycles. The zero-order valence-corrected chi connectivity index (χ0v) is 19.3. The van der Waals surface area contributed by atoms with Crippen molar-refractivity contribution in [3.63, 3.8) is 0 Å². The number of hydrogen-bond donors (Lipinski definition) is 2. The van der Waals surface area contributed by atoms with Gasteiger partial charge in [0.15, 0.2) is 11.5 Å². The molecule has 8 heteroatoms. The lowest BCUT2D eigenvalue weighted by molar-refractivity contribution is -0.121. The van der Waals surface area contributed by atoms with E-state index in [9.17, 15) is 13.2 Å². The van der Waals surface area contributed by atoms with Gasteiger partial charge >= 0.3 is 0 Å². The van der Waals surface area contributed by atoms with Crippen molar-refractivity contribution in [1.82, 2.24) is 10.0 Å². The van der Waals surface area contributed by atoms with Gasteiger partial charge in [-0.05, 0) is 54.8 Å². The fourth-order valence-electron chi connectivity index (χ4n) is 3.24. The molecule has 168 valence electrons. The van der Waals surface area contributed by atoms with Crippen molar-refractivity contribution in [2.75, 3.05) is 26.3 Å². The minimum absolute atomic E-state index is 0.0333. The first-order chi connectivity index (χ1) is 14.6. The SMILES string of the molecule is Cc1ccc(S(=O)(=O)NCCC(=O)NCC(C)(C)c2ccc3c(c2)OCCO3)cc1C. The Bertz CT molecular complexity index is 1060. The molecule has 1 aliphatic rings. The highest BCUT2D eigenvalue weighted by Gasteiger charge is 2.24. The van der Waals surface area contributed by atoms with Crippen LogP contribution < -0.4 is 19.5 Å². The molecule has 0 spiro atoms. The van der Waals surface area contributed by atoms with E-state index >= 15 is 0 Å². The van der Waals surface area contributed by atoms with Crippen LogP contribution in [0.5, 0.6) is 11.5 Å². The summed E-state index contributed by atoms with van der Waals surface area (Å²) < 4.78 is 38.6. The molecule has 2 aromatic rings. The molecule has 0 radical (unpaired) electrons. The molecule has 3 rings (SSSR count). The molecule has 0 bridgehead atoms. The van der Waals surface area contributed by atoms with Crippen molar-refractivity contribution in [2.45, 2.75) is 44.4 Å². The van der Waals surface area contributed by atoms with Crippen LogP contribution in [0.1, 0.15) is 37.0 Å². The largest absolute Gasteiger partial charge is 0.486 e. The summed E-state index contributed by atoms with van der Waals surface area (Å²) in [5, 5.41) is 2.90. The molecule has 0 aliphatic carbocycles. The van der Waals surface area contributed by atoms with Crippen molar-refractivity contribution in [1.29, 1.82) is 0 Å². The number of sulfonamides is 1. The Labute approximate surface area is 184 Å². The molecule has 0 fully saturated rings. The Hall–Kier alpha value is -2.58. The maximum absolute atomic E-state index is 12.4. The van der Waals surface area contributed by atoms with Gasteiger partial charge in [-0.15, -0.1) is 0 Å². The van der Waals surface area contributed by atoms with Crippen LogP contribution >= 0.6 is 0 Å². The maximum Gasteiger partial charge on any atom is 0.240 e. The molecule has 1 heterocycles. The molecule has 7 nitrogen and oxygen atoms in total. The lowest BCUT2D eigenvalue weighted by Crippen LogP contribution is -2.38. The average molecular weight is 447 g/mol. The third-order valence-electron chi connectivity index (χ3n) is 5.48. The Morgan fingerprint density at radius 2 is 1.71 bits per heavy atom. The molecule has 0 atom stereocenters. The summed E-state index contributed by atoms with van der Waals surface area (Å²) in [4.78, 5) is 12.5. The number of carbonyl (C=O) groups is 1. The molecule has 0 saturated heterocycles. The predicted octanol–water partition coefficient (Wildman–Crippen LogP) is 2.84. The van der Waals surface area contributed by atoms with E-state index in [1.807, 2.05) is 45.9 Å². The highest BCUT2D eigenvalue weighted by molar-refractivity contribution is 7.89. The van der Waals surface area contributed by atoms with Crippen LogP contribution in [0.4, 0.5) is 0 Å². The van der Waals surface area contributed by atoms with Crippen molar-refractivity contribution in [3.8, 4) is 11.5 Å². The van der Waals surface area contributed by atoms with Gasteiger partial charge in [-0.2, -0.15) is 0 Å². The first-order valence-corrected chi connectivity index (χ1v) is 11.8. The van der Waals surface area contributed by atoms with Crippen LogP contribution in [0.25, 0.3) is 0 Å². The van der Waals surface area contributed by atoms with E-state index in [0.29, 0.717) is 25.5 Å². The molecule has 0 aromatic heterocycles. The summed E-state index contributed by atoms with van der Waals surface area (Å²) in [5.41, 5.74) is 2.62. The first kappa shape index (κ1) is 23.1. The summed E-state index contributed by atoms with van der Waals surface area (Å²) in [6, 6.07) is 10.8. The van der Waals surface area contributed by atoms with Crippen LogP contribution in [0.15, 0.2) is 41.3 Å². The average Bonchev–Trinajstić information content (AvgIpc) is 2.73. The number of amides is 1. The molecule has 31 heavy (non-hydrogen) atoms. The van der Waals surface area contributed by atoms with Crippen molar-refractivity contribution < 1.29 is 22.7 Å². The van der Waals surface area contributed by atoms with Crippen molar-refractivity contribution in [3.05, 3.63) is 53.1 Å². The molecule has 0 unspecified atom stereocenters. The number of hydrogen-bond acceptors (Lipinski definition) is 5. The van der Waals surface area contributed by atoms with E-state index in [4.69, 9.17) is 9.47 Å². The van der Waals surface area contributed by atoms with Gasteiger partial charge in [0, 0.05) is 24.9 Å². The van der Waals surface area contributed by atoms with Gasteiger partial charge in [0.05, 0.1) is 4.90 Å². The van der Waals surface area contributed by atoms with Gasteiger partial charge in [0.25, 0.3) is 0 Å². The minimum Gasteiger partial charge on any atom is -0.486 e. The Morgan fingerprint density at radius 3 is 2.42 bits per heavy atom. The maximum atomic E-state index is 12.4. The Morgan fingerprint density at radius 1 is 1.00 bits per heavy atom. The number of ether oxygens (including phenoxy) is 2. The van der Waals surface area contributed by atoms with Gasteiger partial charge in [0.1, 0.15) is 13.2 Å². The number of fused-ring (bicyclic) bond motifs is 1. The number of rotatable bonds is 8. The summed E-state index contributed by atoms with van der Waals surface area (Å²) in [6.07, 6.45) is 0.0568.